The maximum Gasteiger partial charge on any atom is 0.326 e. The third-order valence-corrected chi connectivity index (χ3v) is 5.15. The second-order valence-electron chi connectivity index (χ2n) is 4.91. The van der Waals surface area contributed by atoms with Crippen LogP contribution in [0.1, 0.15) is 17.2 Å². The number of thioether (sulfide) groups is 1. The molecule has 1 fully saturated rings. The lowest BCUT2D eigenvalue weighted by atomic mass is 9.76. The zero-order valence-corrected chi connectivity index (χ0v) is 12.8. The van der Waals surface area contributed by atoms with E-state index >= 15 is 0 Å². The van der Waals surface area contributed by atoms with Crippen LogP contribution in [0.15, 0.2) is 30.3 Å². The van der Waals surface area contributed by atoms with E-state index in [-0.39, 0.29) is 17.4 Å². The molecule has 1 aliphatic rings. The van der Waals surface area contributed by atoms with E-state index in [2.05, 4.69) is 0 Å². The number of methoxy groups -OCH3 is 2. The molecule has 0 unspecified atom stereocenters. The zero-order chi connectivity index (χ0) is 15.5. The summed E-state index contributed by atoms with van der Waals surface area (Å²) >= 11 is 1.52. The number of carbonyl (C=O) groups is 2. The van der Waals surface area contributed by atoms with Gasteiger partial charge in [0.05, 0.1) is 20.3 Å². The molecule has 0 saturated carbocycles. The van der Waals surface area contributed by atoms with Crippen molar-refractivity contribution < 1.29 is 24.2 Å². The van der Waals surface area contributed by atoms with Gasteiger partial charge in [0.25, 0.3) is 0 Å². The molecule has 2 atom stereocenters. The van der Waals surface area contributed by atoms with E-state index in [0.29, 0.717) is 0 Å². The van der Waals surface area contributed by atoms with Crippen molar-refractivity contribution in [3.63, 3.8) is 0 Å². The quantitative estimate of drug-likeness (QED) is 0.675. The second-order valence-corrected chi connectivity index (χ2v) is 6.14. The van der Waals surface area contributed by atoms with Crippen LogP contribution in [0.4, 0.5) is 0 Å². The lowest BCUT2D eigenvalue weighted by Gasteiger charge is -2.39. The fourth-order valence-corrected chi connectivity index (χ4v) is 4.03. The van der Waals surface area contributed by atoms with Crippen molar-refractivity contribution in [1.82, 2.24) is 0 Å². The van der Waals surface area contributed by atoms with E-state index in [1.807, 2.05) is 30.3 Å². The van der Waals surface area contributed by atoms with Crippen LogP contribution in [0.3, 0.4) is 0 Å². The summed E-state index contributed by atoms with van der Waals surface area (Å²) in [6.07, 6.45) is -0.968. The van der Waals surface area contributed by atoms with Crippen LogP contribution in [-0.4, -0.2) is 43.1 Å². The van der Waals surface area contributed by atoms with Crippen molar-refractivity contribution >= 4 is 23.7 Å². The largest absolute Gasteiger partial charge is 0.468 e. The highest BCUT2D eigenvalue weighted by atomic mass is 32.2. The minimum absolute atomic E-state index is 0.0761. The molecule has 1 N–H and O–H groups in total. The van der Waals surface area contributed by atoms with E-state index in [1.54, 1.807) is 0 Å². The van der Waals surface area contributed by atoms with Crippen molar-refractivity contribution in [2.45, 2.75) is 17.8 Å². The average molecular weight is 310 g/mol. The van der Waals surface area contributed by atoms with Crippen LogP contribution in [0.25, 0.3) is 0 Å². The van der Waals surface area contributed by atoms with Crippen LogP contribution in [0.5, 0.6) is 0 Å². The summed E-state index contributed by atoms with van der Waals surface area (Å²) < 4.78 is 9.52. The third kappa shape index (κ3) is 2.78. The molecule has 1 saturated heterocycles. The molecule has 0 spiro atoms. The van der Waals surface area contributed by atoms with Gasteiger partial charge in [-0.15, -0.1) is 0 Å². The first-order chi connectivity index (χ1) is 10.1. The number of ether oxygens (including phenoxy) is 2. The molecule has 114 valence electrons. The maximum atomic E-state index is 12.2. The standard InChI is InChI=1S/C15H18O5S/c1-19-13(17)15(14(18)20-2)8-11(21-9-12(15)16)10-6-4-3-5-7-10/h3-7,11-12,16H,8-9H2,1-2H3/t11-,12+/m1/s1. The minimum atomic E-state index is -1.66. The SMILES string of the molecule is COC(=O)C1(C(=O)OC)C[C@H](c2ccccc2)SC[C@@H]1O. The molecule has 2 rings (SSSR count). The highest BCUT2D eigenvalue weighted by Gasteiger charge is 2.57. The number of aliphatic hydroxyl groups excluding tert-OH is 1. The van der Waals surface area contributed by atoms with E-state index in [0.717, 1.165) is 5.56 Å². The molecular formula is C15H18O5S. The highest BCUT2D eigenvalue weighted by Crippen LogP contribution is 2.48. The number of hydrogen-bond acceptors (Lipinski definition) is 6. The number of esters is 2. The van der Waals surface area contributed by atoms with Crippen molar-refractivity contribution in [3.05, 3.63) is 35.9 Å². The topological polar surface area (TPSA) is 72.8 Å². The Balaban J connectivity index is 2.38. The molecular weight excluding hydrogens is 292 g/mol. The van der Waals surface area contributed by atoms with Crippen LogP contribution >= 0.6 is 11.8 Å². The zero-order valence-electron chi connectivity index (χ0n) is 11.9. The Morgan fingerprint density at radius 3 is 2.29 bits per heavy atom. The lowest BCUT2D eigenvalue weighted by molar-refractivity contribution is -0.178. The van der Waals surface area contributed by atoms with E-state index < -0.39 is 23.5 Å². The molecule has 0 aliphatic carbocycles. The maximum absolute atomic E-state index is 12.2. The van der Waals surface area contributed by atoms with Gasteiger partial charge in [0, 0.05) is 11.0 Å². The van der Waals surface area contributed by atoms with Gasteiger partial charge in [0.15, 0.2) is 5.41 Å². The summed E-state index contributed by atoms with van der Waals surface area (Å²) in [7, 11) is 2.41. The van der Waals surface area contributed by atoms with Crippen LogP contribution in [-0.2, 0) is 19.1 Å². The Morgan fingerprint density at radius 1 is 1.19 bits per heavy atom. The van der Waals surface area contributed by atoms with Gasteiger partial charge in [-0.25, -0.2) is 0 Å². The molecule has 0 bridgehead atoms. The number of rotatable bonds is 3. The van der Waals surface area contributed by atoms with Gasteiger partial charge in [0.1, 0.15) is 0 Å². The summed E-state index contributed by atoms with van der Waals surface area (Å²) in [5.41, 5.74) is -0.651. The number of carbonyl (C=O) groups excluding carboxylic acids is 2. The van der Waals surface area contributed by atoms with Gasteiger partial charge in [0.2, 0.25) is 0 Å². The predicted molar refractivity (Wildman–Crippen MR) is 78.7 cm³/mol. The first kappa shape index (κ1) is 15.9. The third-order valence-electron chi connectivity index (χ3n) is 3.80. The number of aliphatic hydroxyl groups is 1. The Morgan fingerprint density at radius 2 is 1.76 bits per heavy atom. The van der Waals surface area contributed by atoms with Crippen molar-refractivity contribution in [2.75, 3.05) is 20.0 Å². The van der Waals surface area contributed by atoms with Gasteiger partial charge >= 0.3 is 11.9 Å². The van der Waals surface area contributed by atoms with Gasteiger partial charge in [-0.3, -0.25) is 9.59 Å². The molecule has 1 aliphatic heterocycles. The molecule has 1 heterocycles. The molecule has 0 amide bonds. The van der Waals surface area contributed by atoms with E-state index in [9.17, 15) is 14.7 Å². The molecule has 5 nitrogen and oxygen atoms in total. The van der Waals surface area contributed by atoms with E-state index in [4.69, 9.17) is 9.47 Å². The summed E-state index contributed by atoms with van der Waals surface area (Å²) in [4.78, 5) is 24.4. The first-order valence-corrected chi connectivity index (χ1v) is 7.62. The fraction of sp³-hybridized carbons (Fsp3) is 0.467. The Labute approximate surface area is 127 Å². The van der Waals surface area contributed by atoms with E-state index in [1.165, 1.54) is 26.0 Å². The van der Waals surface area contributed by atoms with Gasteiger partial charge in [-0.1, -0.05) is 30.3 Å². The minimum Gasteiger partial charge on any atom is -0.468 e. The van der Waals surface area contributed by atoms with Crippen molar-refractivity contribution in [2.24, 2.45) is 5.41 Å². The molecule has 21 heavy (non-hydrogen) atoms. The second kappa shape index (κ2) is 6.49. The van der Waals surface area contributed by atoms with Crippen molar-refractivity contribution in [3.8, 4) is 0 Å². The van der Waals surface area contributed by atoms with Crippen LogP contribution < -0.4 is 0 Å². The Hall–Kier alpha value is -1.53. The number of hydrogen-bond donors (Lipinski definition) is 1. The monoisotopic (exact) mass is 310 g/mol. The van der Waals surface area contributed by atoms with Gasteiger partial charge in [-0.05, 0) is 12.0 Å². The summed E-state index contributed by atoms with van der Waals surface area (Å²) in [6.45, 7) is 0. The summed E-state index contributed by atoms with van der Waals surface area (Å²) in [6, 6.07) is 9.58. The highest BCUT2D eigenvalue weighted by molar-refractivity contribution is 7.99. The fourth-order valence-electron chi connectivity index (χ4n) is 2.61. The Bertz CT molecular complexity index is 500. The summed E-state index contributed by atoms with van der Waals surface area (Å²) in [5.74, 6) is -1.23. The van der Waals surface area contributed by atoms with Crippen molar-refractivity contribution in [1.29, 1.82) is 0 Å². The van der Waals surface area contributed by atoms with Gasteiger partial charge < -0.3 is 14.6 Å². The molecule has 0 aromatic heterocycles. The molecule has 1 aromatic rings. The molecule has 1 aromatic carbocycles. The van der Waals surface area contributed by atoms with Gasteiger partial charge in [-0.2, -0.15) is 11.8 Å². The predicted octanol–water partition coefficient (Wildman–Crippen LogP) is 1.56. The van der Waals surface area contributed by atoms with Crippen LogP contribution in [0, 0.1) is 5.41 Å². The number of benzene rings is 1. The lowest BCUT2D eigenvalue weighted by Crippen LogP contribution is -2.54. The molecule has 0 radical (unpaired) electrons. The average Bonchev–Trinajstić information content (AvgIpc) is 2.54. The Kier molecular flexibility index (Phi) is 4.90. The first-order valence-electron chi connectivity index (χ1n) is 6.57. The summed E-state index contributed by atoms with van der Waals surface area (Å²) in [5, 5.41) is 10.2. The smallest absolute Gasteiger partial charge is 0.326 e. The molecule has 6 heteroatoms. The normalized spacial score (nSPS) is 24.1. The van der Waals surface area contributed by atoms with Crippen LogP contribution in [0.2, 0.25) is 0 Å².